The second-order valence-electron chi connectivity index (χ2n) is 12.8. The van der Waals surface area contributed by atoms with Gasteiger partial charge in [-0.15, -0.1) is 6.58 Å². The number of allylic oxidation sites excluding steroid dienone is 1. The highest BCUT2D eigenvalue weighted by Gasteiger charge is 2.59. The van der Waals surface area contributed by atoms with Crippen LogP contribution in [0.2, 0.25) is 0 Å². The molecule has 0 radical (unpaired) electrons. The van der Waals surface area contributed by atoms with Gasteiger partial charge >= 0.3 is 0 Å². The normalized spacial score (nSPS) is 45.2. The second-order valence-corrected chi connectivity index (χ2v) is 12.8. The van der Waals surface area contributed by atoms with Gasteiger partial charge < -0.3 is 10.2 Å². The Morgan fingerprint density at radius 2 is 1.87 bits per heavy atom. The molecule has 0 spiro atoms. The Morgan fingerprint density at radius 3 is 2.55 bits per heavy atom. The van der Waals surface area contributed by atoms with E-state index in [0.717, 1.165) is 49.4 Å². The maximum absolute atomic E-state index is 11.0. The predicted octanol–water partition coefficient (Wildman–Crippen LogP) is 6.92. The van der Waals surface area contributed by atoms with Crippen molar-refractivity contribution in [2.75, 3.05) is 0 Å². The van der Waals surface area contributed by atoms with Crippen LogP contribution in [0.3, 0.4) is 0 Å². The lowest BCUT2D eigenvalue weighted by Crippen LogP contribution is -2.50. The first-order chi connectivity index (χ1) is 14.5. The van der Waals surface area contributed by atoms with Crippen molar-refractivity contribution in [1.29, 1.82) is 0 Å². The fourth-order valence-electron chi connectivity index (χ4n) is 8.90. The lowest BCUT2D eigenvalue weighted by Gasteiger charge is -2.58. The van der Waals surface area contributed by atoms with Gasteiger partial charge in [0.05, 0.1) is 11.7 Å². The van der Waals surface area contributed by atoms with Crippen molar-refractivity contribution in [1.82, 2.24) is 0 Å². The average molecular weight is 429 g/mol. The van der Waals surface area contributed by atoms with Gasteiger partial charge in [0.15, 0.2) is 0 Å². The van der Waals surface area contributed by atoms with Crippen molar-refractivity contribution in [2.45, 2.75) is 111 Å². The zero-order chi connectivity index (χ0) is 22.6. The SMILES string of the molecule is C=C[C@](O)(CC[C@@H](C)[C@H]1CC[C@H]2[C@@H]3CC=C4CC(O)CC[C@]4(C)[C@H]3CC[C@]12C)C(C)C. The zero-order valence-electron chi connectivity index (χ0n) is 20.9. The highest BCUT2D eigenvalue weighted by molar-refractivity contribution is 5.25. The van der Waals surface area contributed by atoms with Gasteiger partial charge in [-0.3, -0.25) is 0 Å². The highest BCUT2D eigenvalue weighted by atomic mass is 16.3. The second kappa shape index (κ2) is 8.32. The van der Waals surface area contributed by atoms with Gasteiger partial charge in [0.1, 0.15) is 0 Å². The molecule has 0 aromatic heterocycles. The fraction of sp³-hybridized carbons (Fsp3) is 0.862. The standard InChI is InChI=1S/C29H48O2/c1-7-29(31,19(2)3)17-12-20(4)24-10-11-25-23-9-8-21-18-22(30)13-15-27(21,5)26(23)14-16-28(24,25)6/h7-8,19-20,22-26,30-31H,1,9-18H2,2-6H3/t20-,22?,23+,24-,25+,26+,27+,28-,29+/m1/s1. The van der Waals surface area contributed by atoms with E-state index in [9.17, 15) is 10.2 Å². The molecule has 0 aliphatic heterocycles. The van der Waals surface area contributed by atoms with Gasteiger partial charge in [-0.25, -0.2) is 0 Å². The lowest BCUT2D eigenvalue weighted by molar-refractivity contribution is -0.0590. The molecule has 3 saturated carbocycles. The molecule has 2 N–H and O–H groups in total. The summed E-state index contributed by atoms with van der Waals surface area (Å²) in [6, 6.07) is 0. The summed E-state index contributed by atoms with van der Waals surface area (Å²) in [7, 11) is 0. The van der Waals surface area contributed by atoms with Gasteiger partial charge in [0, 0.05) is 0 Å². The van der Waals surface area contributed by atoms with Crippen LogP contribution in [0.15, 0.2) is 24.3 Å². The topological polar surface area (TPSA) is 40.5 Å². The van der Waals surface area contributed by atoms with Crippen LogP contribution in [0, 0.1) is 46.3 Å². The largest absolute Gasteiger partial charge is 0.393 e. The third-order valence-corrected chi connectivity index (χ3v) is 11.2. The van der Waals surface area contributed by atoms with Crippen molar-refractivity contribution >= 4 is 0 Å². The van der Waals surface area contributed by atoms with E-state index < -0.39 is 5.60 Å². The quantitative estimate of drug-likeness (QED) is 0.451. The molecule has 3 fully saturated rings. The van der Waals surface area contributed by atoms with Crippen molar-refractivity contribution < 1.29 is 10.2 Å². The third kappa shape index (κ3) is 3.78. The summed E-state index contributed by atoms with van der Waals surface area (Å²) in [5, 5.41) is 21.2. The Labute approximate surface area is 191 Å². The molecular formula is C29H48O2. The summed E-state index contributed by atoms with van der Waals surface area (Å²) in [5.41, 5.74) is 1.65. The van der Waals surface area contributed by atoms with E-state index in [1.807, 2.05) is 0 Å². The summed E-state index contributed by atoms with van der Waals surface area (Å²) in [6.45, 7) is 15.7. The molecular weight excluding hydrogens is 380 g/mol. The van der Waals surface area contributed by atoms with Crippen LogP contribution in [-0.4, -0.2) is 21.9 Å². The first-order valence-electron chi connectivity index (χ1n) is 13.3. The number of aliphatic hydroxyl groups excluding tert-OH is 1. The Kier molecular flexibility index (Phi) is 6.32. The van der Waals surface area contributed by atoms with Crippen molar-refractivity contribution in [2.24, 2.45) is 46.3 Å². The summed E-state index contributed by atoms with van der Waals surface area (Å²) in [5.74, 6) is 4.17. The maximum atomic E-state index is 11.0. The molecule has 4 aliphatic carbocycles. The highest BCUT2D eigenvalue weighted by Crippen LogP contribution is 2.67. The molecule has 4 rings (SSSR count). The van der Waals surface area contributed by atoms with Crippen molar-refractivity contribution in [3.63, 3.8) is 0 Å². The molecule has 1 unspecified atom stereocenters. The van der Waals surface area contributed by atoms with E-state index in [-0.39, 0.29) is 12.0 Å². The lowest BCUT2D eigenvalue weighted by atomic mass is 9.47. The molecule has 0 bridgehead atoms. The van der Waals surface area contributed by atoms with Crippen molar-refractivity contribution in [3.8, 4) is 0 Å². The molecule has 0 aromatic rings. The number of rotatable bonds is 6. The van der Waals surface area contributed by atoms with Crippen LogP contribution in [-0.2, 0) is 0 Å². The maximum Gasteiger partial charge on any atom is 0.0847 e. The fourth-order valence-corrected chi connectivity index (χ4v) is 8.90. The Bertz CT molecular complexity index is 710. The minimum atomic E-state index is -0.727. The summed E-state index contributed by atoms with van der Waals surface area (Å²) < 4.78 is 0. The Balaban J connectivity index is 1.49. The van der Waals surface area contributed by atoms with Gasteiger partial charge in [0.2, 0.25) is 0 Å². The minimum Gasteiger partial charge on any atom is -0.393 e. The third-order valence-electron chi connectivity index (χ3n) is 11.2. The van der Waals surface area contributed by atoms with E-state index in [4.69, 9.17) is 0 Å². The van der Waals surface area contributed by atoms with Gasteiger partial charge in [-0.1, -0.05) is 52.3 Å². The Morgan fingerprint density at radius 1 is 1.13 bits per heavy atom. The first-order valence-corrected chi connectivity index (χ1v) is 13.3. The summed E-state index contributed by atoms with van der Waals surface area (Å²) >= 11 is 0. The van der Waals surface area contributed by atoms with Crippen LogP contribution in [0.1, 0.15) is 98.8 Å². The molecule has 2 heteroatoms. The molecule has 176 valence electrons. The van der Waals surface area contributed by atoms with Gasteiger partial charge in [-0.05, 0) is 111 Å². The number of hydrogen-bond donors (Lipinski definition) is 2. The van der Waals surface area contributed by atoms with E-state index in [1.54, 1.807) is 11.6 Å². The van der Waals surface area contributed by atoms with Gasteiger partial charge in [0.25, 0.3) is 0 Å². The minimum absolute atomic E-state index is 0.110. The molecule has 31 heavy (non-hydrogen) atoms. The average Bonchev–Trinajstić information content (AvgIpc) is 3.09. The first kappa shape index (κ1) is 23.6. The molecule has 0 saturated heterocycles. The smallest absolute Gasteiger partial charge is 0.0847 e. The van der Waals surface area contributed by atoms with Crippen molar-refractivity contribution in [3.05, 3.63) is 24.3 Å². The molecule has 2 nitrogen and oxygen atoms in total. The van der Waals surface area contributed by atoms with Crippen LogP contribution in [0.25, 0.3) is 0 Å². The Hall–Kier alpha value is -0.600. The van der Waals surface area contributed by atoms with E-state index in [2.05, 4.69) is 47.3 Å². The van der Waals surface area contributed by atoms with Gasteiger partial charge in [-0.2, -0.15) is 0 Å². The van der Waals surface area contributed by atoms with E-state index in [1.165, 1.54) is 38.5 Å². The summed E-state index contributed by atoms with van der Waals surface area (Å²) in [6.07, 6.45) is 16.0. The monoisotopic (exact) mass is 428 g/mol. The molecule has 0 amide bonds. The molecule has 4 aliphatic rings. The number of hydrogen-bond acceptors (Lipinski definition) is 2. The predicted molar refractivity (Wildman–Crippen MR) is 130 cm³/mol. The van der Waals surface area contributed by atoms with E-state index >= 15 is 0 Å². The summed E-state index contributed by atoms with van der Waals surface area (Å²) in [4.78, 5) is 0. The van der Waals surface area contributed by atoms with Crippen LogP contribution in [0.4, 0.5) is 0 Å². The van der Waals surface area contributed by atoms with Crippen LogP contribution in [0.5, 0.6) is 0 Å². The number of aliphatic hydroxyl groups is 2. The van der Waals surface area contributed by atoms with Crippen LogP contribution < -0.4 is 0 Å². The van der Waals surface area contributed by atoms with E-state index in [0.29, 0.717) is 16.7 Å². The zero-order valence-corrected chi connectivity index (χ0v) is 20.9. The molecule has 0 heterocycles. The van der Waals surface area contributed by atoms with Crippen LogP contribution >= 0.6 is 0 Å². The molecule has 0 aromatic carbocycles. The number of fused-ring (bicyclic) bond motifs is 5. The molecule has 9 atom stereocenters.